The highest BCUT2D eigenvalue weighted by Crippen LogP contribution is 2.22. The molecule has 0 saturated carbocycles. The molecule has 0 aliphatic heterocycles. The van der Waals surface area contributed by atoms with E-state index in [4.69, 9.17) is 11.6 Å². The first-order chi connectivity index (χ1) is 9.54. The third-order valence-corrected chi connectivity index (χ3v) is 3.62. The fourth-order valence-corrected chi connectivity index (χ4v) is 2.09. The minimum atomic E-state index is -0.0784. The molecular formula is C16H14ClNO2. The Kier molecular flexibility index (Phi) is 4.20. The molecule has 3 nitrogen and oxygen atoms in total. The normalized spacial score (nSPS) is 10.2. The van der Waals surface area contributed by atoms with Gasteiger partial charge in [0.25, 0.3) is 0 Å². The van der Waals surface area contributed by atoms with Crippen molar-refractivity contribution in [3.05, 3.63) is 64.2 Å². The minimum Gasteiger partial charge on any atom is -0.318 e. The lowest BCUT2D eigenvalue weighted by Crippen LogP contribution is -2.13. The Morgan fingerprint density at radius 2 is 1.80 bits per heavy atom. The summed E-state index contributed by atoms with van der Waals surface area (Å²) in [6.45, 7) is 1.82. The molecule has 0 bridgehead atoms. The number of carbonyl (C=O) groups is 2. The summed E-state index contributed by atoms with van der Waals surface area (Å²) >= 11 is 6.03. The second-order valence-corrected chi connectivity index (χ2v) is 4.91. The van der Waals surface area contributed by atoms with Gasteiger partial charge in [-0.25, -0.2) is 0 Å². The second kappa shape index (κ2) is 5.88. The summed E-state index contributed by atoms with van der Waals surface area (Å²) in [5, 5.41) is 0.577. The van der Waals surface area contributed by atoms with E-state index in [2.05, 4.69) is 0 Å². The number of carbonyl (C=O) groups excluding carboxylic acids is 2. The summed E-state index contributed by atoms with van der Waals surface area (Å²) in [6, 6.07) is 12.2. The molecule has 0 heterocycles. The van der Waals surface area contributed by atoms with Gasteiger partial charge in [-0.05, 0) is 42.8 Å². The summed E-state index contributed by atoms with van der Waals surface area (Å²) in [7, 11) is 1.66. The van der Waals surface area contributed by atoms with Crippen LogP contribution in [-0.2, 0) is 4.79 Å². The highest BCUT2D eigenvalue weighted by molar-refractivity contribution is 6.32. The monoisotopic (exact) mass is 287 g/mol. The maximum Gasteiger partial charge on any atom is 0.213 e. The Bertz CT molecular complexity index is 650. The van der Waals surface area contributed by atoms with E-state index in [9.17, 15) is 9.59 Å². The largest absolute Gasteiger partial charge is 0.318 e. The summed E-state index contributed by atoms with van der Waals surface area (Å²) in [5.41, 5.74) is 2.67. The molecule has 102 valence electrons. The molecule has 0 aliphatic carbocycles. The number of rotatable bonds is 4. The molecule has 0 saturated heterocycles. The predicted octanol–water partition coefficient (Wildman–Crippen LogP) is 3.47. The Morgan fingerprint density at radius 3 is 2.40 bits per heavy atom. The van der Waals surface area contributed by atoms with Crippen molar-refractivity contribution in [1.29, 1.82) is 0 Å². The standard InChI is InChI=1S/C16H14ClNO2/c1-11-14(4-3-5-15(11)17)16(20)12-6-8-13(9-7-12)18(2)10-19/h3-10H,1-2H3. The van der Waals surface area contributed by atoms with E-state index in [0.29, 0.717) is 16.1 Å². The maximum absolute atomic E-state index is 12.4. The van der Waals surface area contributed by atoms with Crippen LogP contribution in [0.25, 0.3) is 0 Å². The van der Waals surface area contributed by atoms with Crippen molar-refractivity contribution in [3.8, 4) is 0 Å². The lowest BCUT2D eigenvalue weighted by molar-refractivity contribution is -0.107. The molecular weight excluding hydrogens is 274 g/mol. The smallest absolute Gasteiger partial charge is 0.213 e. The van der Waals surface area contributed by atoms with Crippen molar-refractivity contribution in [2.24, 2.45) is 0 Å². The maximum atomic E-state index is 12.4. The van der Waals surface area contributed by atoms with Crippen LogP contribution in [0.4, 0.5) is 5.69 Å². The van der Waals surface area contributed by atoms with Gasteiger partial charge >= 0.3 is 0 Å². The molecule has 4 heteroatoms. The molecule has 0 aliphatic rings. The molecule has 0 radical (unpaired) electrons. The van der Waals surface area contributed by atoms with Crippen molar-refractivity contribution in [2.45, 2.75) is 6.92 Å². The van der Waals surface area contributed by atoms with Gasteiger partial charge in [0.2, 0.25) is 6.41 Å². The number of hydrogen-bond donors (Lipinski definition) is 0. The highest BCUT2D eigenvalue weighted by Gasteiger charge is 2.13. The summed E-state index contributed by atoms with van der Waals surface area (Å²) in [5.74, 6) is -0.0784. The number of ketones is 1. The summed E-state index contributed by atoms with van der Waals surface area (Å²) in [6.07, 6.45) is 0.720. The molecule has 2 aromatic rings. The van der Waals surface area contributed by atoms with Crippen LogP contribution in [0.1, 0.15) is 21.5 Å². The Balaban J connectivity index is 2.34. The molecule has 0 N–H and O–H groups in total. The number of halogens is 1. The van der Waals surface area contributed by atoms with Gasteiger partial charge in [0, 0.05) is 28.9 Å². The average molecular weight is 288 g/mol. The van der Waals surface area contributed by atoms with E-state index < -0.39 is 0 Å². The number of amides is 1. The zero-order chi connectivity index (χ0) is 14.7. The lowest BCUT2D eigenvalue weighted by Gasteiger charge is -2.11. The molecule has 0 fully saturated rings. The SMILES string of the molecule is Cc1c(Cl)cccc1C(=O)c1ccc(N(C)C=O)cc1. The van der Waals surface area contributed by atoms with E-state index in [0.717, 1.165) is 17.7 Å². The van der Waals surface area contributed by atoms with Gasteiger partial charge in [0.05, 0.1) is 0 Å². The topological polar surface area (TPSA) is 37.4 Å². The highest BCUT2D eigenvalue weighted by atomic mass is 35.5. The third kappa shape index (κ3) is 2.73. The summed E-state index contributed by atoms with van der Waals surface area (Å²) < 4.78 is 0. The first kappa shape index (κ1) is 14.3. The number of nitrogens with zero attached hydrogens (tertiary/aromatic N) is 1. The van der Waals surface area contributed by atoms with Crippen molar-refractivity contribution in [2.75, 3.05) is 11.9 Å². The zero-order valence-corrected chi connectivity index (χ0v) is 12.0. The fraction of sp³-hybridized carbons (Fsp3) is 0.125. The zero-order valence-electron chi connectivity index (χ0n) is 11.3. The van der Waals surface area contributed by atoms with Gasteiger partial charge in [-0.3, -0.25) is 9.59 Å². The van der Waals surface area contributed by atoms with Crippen LogP contribution in [0.15, 0.2) is 42.5 Å². The van der Waals surface area contributed by atoms with E-state index in [-0.39, 0.29) is 5.78 Å². The van der Waals surface area contributed by atoms with Gasteiger partial charge in [-0.1, -0.05) is 23.7 Å². The van der Waals surface area contributed by atoms with Crippen LogP contribution in [0.5, 0.6) is 0 Å². The molecule has 2 rings (SSSR count). The third-order valence-electron chi connectivity index (χ3n) is 3.21. The van der Waals surface area contributed by atoms with Gasteiger partial charge in [-0.15, -0.1) is 0 Å². The predicted molar refractivity (Wildman–Crippen MR) is 80.5 cm³/mol. The summed E-state index contributed by atoms with van der Waals surface area (Å²) in [4.78, 5) is 24.5. The van der Waals surface area contributed by atoms with Crippen LogP contribution in [0.3, 0.4) is 0 Å². The van der Waals surface area contributed by atoms with Gasteiger partial charge in [0.1, 0.15) is 0 Å². The first-order valence-corrected chi connectivity index (χ1v) is 6.50. The Morgan fingerprint density at radius 1 is 1.15 bits per heavy atom. The van der Waals surface area contributed by atoms with Crippen molar-refractivity contribution < 1.29 is 9.59 Å². The molecule has 0 unspecified atom stereocenters. The van der Waals surface area contributed by atoms with E-state index in [1.807, 2.05) is 6.92 Å². The Labute approximate surface area is 122 Å². The van der Waals surface area contributed by atoms with Crippen LogP contribution >= 0.6 is 11.6 Å². The van der Waals surface area contributed by atoms with Crippen molar-refractivity contribution in [1.82, 2.24) is 0 Å². The second-order valence-electron chi connectivity index (χ2n) is 4.50. The molecule has 0 spiro atoms. The van der Waals surface area contributed by atoms with Crippen LogP contribution < -0.4 is 4.90 Å². The lowest BCUT2D eigenvalue weighted by atomic mass is 9.99. The Hall–Kier alpha value is -2.13. The molecule has 1 amide bonds. The van der Waals surface area contributed by atoms with Crippen molar-refractivity contribution in [3.63, 3.8) is 0 Å². The quantitative estimate of drug-likeness (QED) is 0.638. The van der Waals surface area contributed by atoms with E-state index in [1.165, 1.54) is 4.90 Å². The average Bonchev–Trinajstić information content (AvgIpc) is 2.48. The molecule has 2 aromatic carbocycles. The first-order valence-electron chi connectivity index (χ1n) is 6.12. The van der Waals surface area contributed by atoms with Gasteiger partial charge in [0.15, 0.2) is 5.78 Å². The van der Waals surface area contributed by atoms with Crippen LogP contribution in [0, 0.1) is 6.92 Å². The van der Waals surface area contributed by atoms with Gasteiger partial charge in [-0.2, -0.15) is 0 Å². The number of hydrogen-bond acceptors (Lipinski definition) is 2. The molecule has 20 heavy (non-hydrogen) atoms. The van der Waals surface area contributed by atoms with E-state index >= 15 is 0 Å². The van der Waals surface area contributed by atoms with Crippen LogP contribution in [0.2, 0.25) is 5.02 Å². The van der Waals surface area contributed by atoms with E-state index in [1.54, 1.807) is 49.5 Å². The van der Waals surface area contributed by atoms with Crippen LogP contribution in [-0.4, -0.2) is 19.2 Å². The molecule has 0 aromatic heterocycles. The number of benzene rings is 2. The molecule has 0 atom stereocenters. The van der Waals surface area contributed by atoms with Crippen molar-refractivity contribution >= 4 is 29.5 Å². The van der Waals surface area contributed by atoms with Gasteiger partial charge < -0.3 is 4.90 Å². The fourth-order valence-electron chi connectivity index (χ4n) is 1.92. The minimum absolute atomic E-state index is 0.0784. The number of anilines is 1.